The molecule has 1 N–H and O–H groups in total. The summed E-state index contributed by atoms with van der Waals surface area (Å²) < 4.78 is 5.71. The van der Waals surface area contributed by atoms with Crippen molar-refractivity contribution in [2.24, 2.45) is 0 Å². The van der Waals surface area contributed by atoms with Gasteiger partial charge in [0.1, 0.15) is 11.5 Å². The van der Waals surface area contributed by atoms with Crippen LogP contribution in [-0.4, -0.2) is 12.2 Å². The highest BCUT2D eigenvalue weighted by molar-refractivity contribution is 5.93. The van der Waals surface area contributed by atoms with E-state index in [2.05, 4.69) is 37.3 Å². The average molecular weight is 328 g/mol. The van der Waals surface area contributed by atoms with Crippen LogP contribution in [0.1, 0.15) is 16.7 Å². The zero-order valence-electron chi connectivity index (χ0n) is 14.4. The number of phenols is 1. The number of hydrogen-bond acceptors (Lipinski definition) is 2. The fourth-order valence-electron chi connectivity index (χ4n) is 3.62. The minimum atomic E-state index is 0.358. The topological polar surface area (TPSA) is 29.5 Å². The molecular formula is C23H20O2. The van der Waals surface area contributed by atoms with Gasteiger partial charge in [-0.05, 0) is 34.4 Å². The second kappa shape index (κ2) is 6.14. The summed E-state index contributed by atoms with van der Waals surface area (Å²) in [6.45, 7) is 2.09. The van der Waals surface area contributed by atoms with Crippen molar-refractivity contribution >= 4 is 21.5 Å². The lowest BCUT2D eigenvalue weighted by Gasteiger charge is -2.15. The predicted octanol–water partition coefficient (Wildman–Crippen LogP) is 5.61. The lowest BCUT2D eigenvalue weighted by atomic mass is 9.94. The first kappa shape index (κ1) is 15.5. The molecule has 124 valence electrons. The molecule has 4 rings (SSSR count). The van der Waals surface area contributed by atoms with E-state index < -0.39 is 0 Å². The van der Waals surface area contributed by atoms with Crippen LogP contribution in [0.4, 0.5) is 0 Å². The molecule has 0 heterocycles. The van der Waals surface area contributed by atoms with Crippen molar-refractivity contribution in [3.63, 3.8) is 0 Å². The lowest BCUT2D eigenvalue weighted by molar-refractivity contribution is 0.415. The Bertz CT molecular complexity index is 1080. The fourth-order valence-corrected chi connectivity index (χ4v) is 3.62. The number of aromatic hydroxyl groups is 1. The number of fused-ring (bicyclic) bond motifs is 2. The largest absolute Gasteiger partial charge is 0.507 e. The molecule has 4 aromatic rings. The molecule has 4 aromatic carbocycles. The van der Waals surface area contributed by atoms with E-state index in [1.54, 1.807) is 7.11 Å². The monoisotopic (exact) mass is 328 g/mol. The minimum Gasteiger partial charge on any atom is -0.507 e. The SMILES string of the molecule is COc1c(Cc2cc(C)c3ccccc3c2O)ccc2ccccc12. The van der Waals surface area contributed by atoms with Crippen LogP contribution in [0.25, 0.3) is 21.5 Å². The van der Waals surface area contributed by atoms with Crippen LogP contribution in [0, 0.1) is 6.92 Å². The van der Waals surface area contributed by atoms with E-state index in [9.17, 15) is 5.11 Å². The summed E-state index contributed by atoms with van der Waals surface area (Å²) >= 11 is 0. The van der Waals surface area contributed by atoms with Crippen LogP contribution < -0.4 is 4.74 Å². The van der Waals surface area contributed by atoms with Gasteiger partial charge in [-0.2, -0.15) is 0 Å². The summed E-state index contributed by atoms with van der Waals surface area (Å²) in [5.74, 6) is 1.24. The third-order valence-electron chi connectivity index (χ3n) is 4.85. The van der Waals surface area contributed by atoms with Crippen molar-refractivity contribution < 1.29 is 9.84 Å². The third-order valence-corrected chi connectivity index (χ3v) is 4.85. The van der Waals surface area contributed by atoms with E-state index in [4.69, 9.17) is 4.74 Å². The number of aryl methyl sites for hydroxylation is 1. The van der Waals surface area contributed by atoms with Gasteiger partial charge in [0, 0.05) is 17.2 Å². The molecule has 0 saturated heterocycles. The Morgan fingerprint density at radius 3 is 2.24 bits per heavy atom. The molecule has 2 heteroatoms. The van der Waals surface area contributed by atoms with Gasteiger partial charge in [0.15, 0.2) is 0 Å². The highest BCUT2D eigenvalue weighted by atomic mass is 16.5. The first-order chi connectivity index (χ1) is 12.2. The zero-order valence-corrected chi connectivity index (χ0v) is 14.4. The maximum absolute atomic E-state index is 10.8. The van der Waals surface area contributed by atoms with Gasteiger partial charge in [-0.15, -0.1) is 0 Å². The molecule has 0 aliphatic carbocycles. The van der Waals surface area contributed by atoms with Crippen LogP contribution in [-0.2, 0) is 6.42 Å². The summed E-state index contributed by atoms with van der Waals surface area (Å²) in [6, 6.07) is 22.5. The van der Waals surface area contributed by atoms with E-state index in [1.807, 2.05) is 36.4 Å². The Morgan fingerprint density at radius 1 is 0.800 bits per heavy atom. The summed E-state index contributed by atoms with van der Waals surface area (Å²) in [7, 11) is 1.71. The van der Waals surface area contributed by atoms with Crippen molar-refractivity contribution in [1.29, 1.82) is 0 Å². The molecule has 25 heavy (non-hydrogen) atoms. The normalized spacial score (nSPS) is 11.1. The Hall–Kier alpha value is -3.00. The molecule has 0 aliphatic rings. The molecule has 0 radical (unpaired) electrons. The van der Waals surface area contributed by atoms with Crippen molar-refractivity contribution in [3.8, 4) is 11.5 Å². The van der Waals surface area contributed by atoms with Gasteiger partial charge in [-0.1, -0.05) is 66.7 Å². The maximum Gasteiger partial charge on any atom is 0.130 e. The zero-order chi connectivity index (χ0) is 17.4. The number of rotatable bonds is 3. The predicted molar refractivity (Wildman–Crippen MR) is 104 cm³/mol. The summed E-state index contributed by atoms with van der Waals surface area (Å²) in [6.07, 6.45) is 0.630. The summed E-state index contributed by atoms with van der Waals surface area (Å²) in [5.41, 5.74) is 3.17. The Morgan fingerprint density at radius 2 is 1.48 bits per heavy atom. The Balaban J connectivity index is 1.87. The Kier molecular flexibility index (Phi) is 3.81. The van der Waals surface area contributed by atoms with Gasteiger partial charge < -0.3 is 9.84 Å². The van der Waals surface area contributed by atoms with E-state index in [-0.39, 0.29) is 0 Å². The first-order valence-corrected chi connectivity index (χ1v) is 8.44. The molecule has 0 fully saturated rings. The van der Waals surface area contributed by atoms with Gasteiger partial charge in [0.05, 0.1) is 7.11 Å². The van der Waals surface area contributed by atoms with Crippen LogP contribution in [0.3, 0.4) is 0 Å². The molecule has 2 nitrogen and oxygen atoms in total. The maximum atomic E-state index is 10.8. The molecule has 0 atom stereocenters. The van der Waals surface area contributed by atoms with Gasteiger partial charge in [-0.3, -0.25) is 0 Å². The van der Waals surface area contributed by atoms with Crippen LogP contribution in [0.5, 0.6) is 11.5 Å². The summed E-state index contributed by atoms with van der Waals surface area (Å²) in [4.78, 5) is 0. The number of ether oxygens (including phenoxy) is 1. The lowest BCUT2D eigenvalue weighted by Crippen LogP contribution is -1.96. The quantitative estimate of drug-likeness (QED) is 0.530. The molecule has 0 saturated carbocycles. The second-order valence-electron chi connectivity index (χ2n) is 6.40. The van der Waals surface area contributed by atoms with Gasteiger partial charge in [0.2, 0.25) is 0 Å². The molecule has 0 aromatic heterocycles. The first-order valence-electron chi connectivity index (χ1n) is 8.44. The standard InChI is InChI=1S/C23H20O2/c1-15-13-18(22(24)21-10-6-5-8-19(15)21)14-17-12-11-16-7-3-4-9-20(16)23(17)25-2/h3-13,24H,14H2,1-2H3. The van der Waals surface area contributed by atoms with Crippen LogP contribution >= 0.6 is 0 Å². The highest BCUT2D eigenvalue weighted by Gasteiger charge is 2.13. The molecule has 0 bridgehead atoms. The van der Waals surface area contributed by atoms with E-state index in [0.717, 1.165) is 38.4 Å². The second-order valence-corrected chi connectivity index (χ2v) is 6.40. The van der Waals surface area contributed by atoms with Crippen molar-refractivity contribution in [2.75, 3.05) is 7.11 Å². The van der Waals surface area contributed by atoms with Gasteiger partial charge in [0.25, 0.3) is 0 Å². The Labute approximate surface area is 147 Å². The molecular weight excluding hydrogens is 308 g/mol. The van der Waals surface area contributed by atoms with Crippen molar-refractivity contribution in [2.45, 2.75) is 13.3 Å². The van der Waals surface area contributed by atoms with Gasteiger partial charge in [-0.25, -0.2) is 0 Å². The number of methoxy groups -OCH3 is 1. The number of hydrogen-bond donors (Lipinski definition) is 1. The van der Waals surface area contributed by atoms with Crippen molar-refractivity contribution in [3.05, 3.63) is 83.4 Å². The molecule has 0 aliphatic heterocycles. The average Bonchev–Trinajstić information content (AvgIpc) is 2.65. The van der Waals surface area contributed by atoms with E-state index in [1.165, 1.54) is 5.56 Å². The van der Waals surface area contributed by atoms with E-state index >= 15 is 0 Å². The smallest absolute Gasteiger partial charge is 0.130 e. The fraction of sp³-hybridized carbons (Fsp3) is 0.130. The molecule has 0 amide bonds. The molecule has 0 spiro atoms. The van der Waals surface area contributed by atoms with Gasteiger partial charge >= 0.3 is 0 Å². The number of benzene rings is 4. The van der Waals surface area contributed by atoms with Crippen LogP contribution in [0.2, 0.25) is 0 Å². The summed E-state index contributed by atoms with van der Waals surface area (Å²) in [5, 5.41) is 15.0. The number of phenolic OH excluding ortho intramolecular Hbond substituents is 1. The molecule has 0 unspecified atom stereocenters. The van der Waals surface area contributed by atoms with E-state index in [0.29, 0.717) is 12.2 Å². The van der Waals surface area contributed by atoms with Crippen molar-refractivity contribution in [1.82, 2.24) is 0 Å². The van der Waals surface area contributed by atoms with Crippen LogP contribution in [0.15, 0.2) is 66.7 Å². The minimum absolute atomic E-state index is 0.358. The highest BCUT2D eigenvalue weighted by Crippen LogP contribution is 2.36. The third kappa shape index (κ3) is 2.60.